The van der Waals surface area contributed by atoms with Crippen LogP contribution in [0.5, 0.6) is 0 Å². The highest BCUT2D eigenvalue weighted by molar-refractivity contribution is 4.85. The van der Waals surface area contributed by atoms with Gasteiger partial charge in [0.15, 0.2) is 0 Å². The van der Waals surface area contributed by atoms with Crippen molar-refractivity contribution in [1.29, 1.82) is 0 Å². The summed E-state index contributed by atoms with van der Waals surface area (Å²) >= 11 is 0. The fourth-order valence-corrected chi connectivity index (χ4v) is 2.44. The molecule has 3 atom stereocenters. The minimum absolute atomic E-state index is 0.715. The van der Waals surface area contributed by atoms with E-state index < -0.39 is 0 Å². The lowest BCUT2D eigenvalue weighted by Crippen LogP contribution is -2.43. The van der Waals surface area contributed by atoms with Crippen LogP contribution in [-0.4, -0.2) is 37.6 Å². The van der Waals surface area contributed by atoms with E-state index in [-0.39, 0.29) is 0 Å². The van der Waals surface area contributed by atoms with Gasteiger partial charge in [0.05, 0.1) is 0 Å². The molecule has 1 heterocycles. The van der Waals surface area contributed by atoms with Gasteiger partial charge in [-0.1, -0.05) is 27.7 Å². The average Bonchev–Trinajstić information content (AvgIpc) is 2.42. The van der Waals surface area contributed by atoms with Crippen LogP contribution in [0.2, 0.25) is 0 Å². The minimum Gasteiger partial charge on any atom is -0.318 e. The Morgan fingerprint density at radius 1 is 1.21 bits per heavy atom. The molecule has 14 heavy (non-hydrogen) atoms. The molecule has 0 radical (unpaired) electrons. The maximum Gasteiger partial charge on any atom is 0.0243 e. The van der Waals surface area contributed by atoms with E-state index in [4.69, 9.17) is 0 Å². The van der Waals surface area contributed by atoms with E-state index >= 15 is 0 Å². The van der Waals surface area contributed by atoms with Crippen LogP contribution < -0.4 is 5.32 Å². The molecule has 1 rings (SSSR count). The Balaban J connectivity index is 2.52. The Morgan fingerprint density at radius 3 is 2.07 bits per heavy atom. The molecule has 1 aliphatic heterocycles. The van der Waals surface area contributed by atoms with Crippen molar-refractivity contribution in [3.8, 4) is 0 Å². The first-order valence-corrected chi connectivity index (χ1v) is 5.95. The monoisotopic (exact) mass is 198 g/mol. The van der Waals surface area contributed by atoms with E-state index in [2.05, 4.69) is 45.0 Å². The number of nitrogens with one attached hydrogen (secondary N) is 1. The third kappa shape index (κ3) is 2.71. The summed E-state index contributed by atoms with van der Waals surface area (Å²) in [5.41, 5.74) is 0. The van der Waals surface area contributed by atoms with Gasteiger partial charge < -0.3 is 5.32 Å². The summed E-state index contributed by atoms with van der Waals surface area (Å²) in [5.74, 6) is 2.49. The lowest BCUT2D eigenvalue weighted by Gasteiger charge is -2.31. The molecule has 0 aromatic heterocycles. The van der Waals surface area contributed by atoms with E-state index in [1.807, 2.05) is 0 Å². The molecule has 0 aromatic rings. The fraction of sp³-hybridized carbons (Fsp3) is 1.00. The SMILES string of the molecule is CNCC(C(C)C)N1CC(C)C(C)C1. The molecular formula is C12H26N2. The van der Waals surface area contributed by atoms with Crippen LogP contribution >= 0.6 is 0 Å². The number of hydrogen-bond acceptors (Lipinski definition) is 2. The van der Waals surface area contributed by atoms with Gasteiger partial charge in [-0.2, -0.15) is 0 Å². The molecule has 0 bridgehead atoms. The highest BCUT2D eigenvalue weighted by Gasteiger charge is 2.31. The predicted molar refractivity (Wildman–Crippen MR) is 62.5 cm³/mol. The molecule has 2 nitrogen and oxygen atoms in total. The highest BCUT2D eigenvalue weighted by atomic mass is 15.2. The quantitative estimate of drug-likeness (QED) is 0.741. The van der Waals surface area contributed by atoms with Gasteiger partial charge in [-0.15, -0.1) is 0 Å². The second kappa shape index (κ2) is 5.13. The van der Waals surface area contributed by atoms with Gasteiger partial charge >= 0.3 is 0 Å². The van der Waals surface area contributed by atoms with Gasteiger partial charge in [0.25, 0.3) is 0 Å². The summed E-state index contributed by atoms with van der Waals surface area (Å²) in [6.07, 6.45) is 0. The molecule has 0 aliphatic carbocycles. The van der Waals surface area contributed by atoms with Crippen molar-refractivity contribution in [3.63, 3.8) is 0 Å². The zero-order valence-electron chi connectivity index (χ0n) is 10.4. The van der Waals surface area contributed by atoms with Gasteiger partial charge in [-0.05, 0) is 24.8 Å². The van der Waals surface area contributed by atoms with Crippen molar-refractivity contribution in [2.75, 3.05) is 26.7 Å². The standard InChI is InChI=1S/C12H26N2/c1-9(2)12(6-13-5)14-7-10(3)11(4)8-14/h9-13H,6-8H2,1-5H3. The molecular weight excluding hydrogens is 172 g/mol. The minimum atomic E-state index is 0.715. The molecule has 3 unspecified atom stereocenters. The summed E-state index contributed by atoms with van der Waals surface area (Å²) in [5, 5.41) is 3.31. The topological polar surface area (TPSA) is 15.3 Å². The maximum absolute atomic E-state index is 3.31. The van der Waals surface area contributed by atoms with Crippen molar-refractivity contribution in [2.45, 2.75) is 33.7 Å². The smallest absolute Gasteiger partial charge is 0.0243 e. The van der Waals surface area contributed by atoms with Crippen LogP contribution in [0, 0.1) is 17.8 Å². The van der Waals surface area contributed by atoms with Crippen molar-refractivity contribution < 1.29 is 0 Å². The molecule has 1 N–H and O–H groups in total. The molecule has 0 spiro atoms. The summed E-state index contributed by atoms with van der Waals surface area (Å²) in [4.78, 5) is 2.66. The van der Waals surface area contributed by atoms with Gasteiger partial charge in [0, 0.05) is 25.7 Å². The second-order valence-corrected chi connectivity index (χ2v) is 5.28. The van der Waals surface area contributed by atoms with E-state index in [1.165, 1.54) is 13.1 Å². The van der Waals surface area contributed by atoms with E-state index in [1.54, 1.807) is 0 Å². The molecule has 2 heteroatoms. The lowest BCUT2D eigenvalue weighted by molar-refractivity contribution is 0.181. The zero-order valence-corrected chi connectivity index (χ0v) is 10.4. The Labute approximate surface area is 89.1 Å². The Bertz CT molecular complexity index is 158. The van der Waals surface area contributed by atoms with Crippen LogP contribution in [0.25, 0.3) is 0 Å². The van der Waals surface area contributed by atoms with Crippen molar-refractivity contribution in [1.82, 2.24) is 10.2 Å². The van der Waals surface area contributed by atoms with Gasteiger partial charge in [-0.25, -0.2) is 0 Å². The molecule has 0 amide bonds. The fourth-order valence-electron chi connectivity index (χ4n) is 2.44. The van der Waals surface area contributed by atoms with Crippen molar-refractivity contribution in [3.05, 3.63) is 0 Å². The number of likely N-dealkylation sites (N-methyl/N-ethyl adjacent to an activating group) is 1. The van der Waals surface area contributed by atoms with E-state index in [0.717, 1.165) is 24.3 Å². The Kier molecular flexibility index (Phi) is 4.39. The first-order valence-electron chi connectivity index (χ1n) is 5.95. The number of hydrogen-bond donors (Lipinski definition) is 1. The summed E-state index contributed by atoms with van der Waals surface area (Å²) in [6.45, 7) is 13.1. The molecule has 1 aliphatic rings. The van der Waals surface area contributed by atoms with E-state index in [0.29, 0.717) is 6.04 Å². The third-order valence-corrected chi connectivity index (χ3v) is 3.67. The van der Waals surface area contributed by atoms with Crippen molar-refractivity contribution >= 4 is 0 Å². The number of rotatable bonds is 4. The average molecular weight is 198 g/mol. The second-order valence-electron chi connectivity index (χ2n) is 5.28. The first-order chi connectivity index (χ1) is 6.56. The van der Waals surface area contributed by atoms with Gasteiger partial charge in [0.2, 0.25) is 0 Å². The summed E-state index contributed by atoms with van der Waals surface area (Å²) in [6, 6.07) is 0.715. The largest absolute Gasteiger partial charge is 0.318 e. The van der Waals surface area contributed by atoms with Crippen LogP contribution in [0.15, 0.2) is 0 Å². The highest BCUT2D eigenvalue weighted by Crippen LogP contribution is 2.26. The molecule has 1 saturated heterocycles. The number of nitrogens with zero attached hydrogens (tertiary/aromatic N) is 1. The lowest BCUT2D eigenvalue weighted by atomic mass is 10.0. The molecule has 84 valence electrons. The van der Waals surface area contributed by atoms with Gasteiger partial charge in [0.1, 0.15) is 0 Å². The maximum atomic E-state index is 3.31. The van der Waals surface area contributed by atoms with Crippen LogP contribution in [0.4, 0.5) is 0 Å². The Hall–Kier alpha value is -0.0800. The summed E-state index contributed by atoms with van der Waals surface area (Å²) in [7, 11) is 2.05. The van der Waals surface area contributed by atoms with Gasteiger partial charge in [-0.3, -0.25) is 4.90 Å². The third-order valence-electron chi connectivity index (χ3n) is 3.67. The Morgan fingerprint density at radius 2 is 1.71 bits per heavy atom. The normalized spacial score (nSPS) is 31.3. The summed E-state index contributed by atoms with van der Waals surface area (Å²) < 4.78 is 0. The number of likely N-dealkylation sites (tertiary alicyclic amines) is 1. The van der Waals surface area contributed by atoms with Crippen LogP contribution in [0.1, 0.15) is 27.7 Å². The zero-order chi connectivity index (χ0) is 10.7. The van der Waals surface area contributed by atoms with Crippen LogP contribution in [-0.2, 0) is 0 Å². The molecule has 0 saturated carbocycles. The van der Waals surface area contributed by atoms with Crippen molar-refractivity contribution in [2.24, 2.45) is 17.8 Å². The predicted octanol–water partition coefficient (Wildman–Crippen LogP) is 1.82. The van der Waals surface area contributed by atoms with E-state index in [9.17, 15) is 0 Å². The molecule has 0 aromatic carbocycles. The first kappa shape index (κ1) is 12.0. The molecule has 1 fully saturated rings. The van der Waals surface area contributed by atoms with Crippen LogP contribution in [0.3, 0.4) is 0 Å².